The fourth-order valence-corrected chi connectivity index (χ4v) is 1.56. The zero-order chi connectivity index (χ0) is 8.69. The Morgan fingerprint density at radius 1 is 1.27 bits per heavy atom. The van der Waals surface area contributed by atoms with E-state index in [1.54, 1.807) is 0 Å². The molecule has 1 nitrogen and oxygen atoms in total. The lowest BCUT2D eigenvalue weighted by atomic mass is 9.92. The summed E-state index contributed by atoms with van der Waals surface area (Å²) >= 11 is 0. The molecule has 0 rings (SSSR count). The quantitative estimate of drug-likeness (QED) is 0.540. The van der Waals surface area contributed by atoms with Gasteiger partial charge in [-0.3, -0.25) is 0 Å². The molecule has 11 heavy (non-hydrogen) atoms. The van der Waals surface area contributed by atoms with Crippen LogP contribution in [0, 0.1) is 11.8 Å². The van der Waals surface area contributed by atoms with Gasteiger partial charge in [-0.2, -0.15) is 0 Å². The molecule has 0 bridgehead atoms. The average molecular weight is 156 g/mol. The molecule has 0 aromatic carbocycles. The molecular formula is C10H20O. The Balaban J connectivity index is 3.39. The minimum Gasteiger partial charge on any atom is -0.303 e. The summed E-state index contributed by atoms with van der Waals surface area (Å²) in [5.74, 6) is 1.36. The third kappa shape index (κ3) is 6.08. The lowest BCUT2D eigenvalue weighted by molar-refractivity contribution is -0.108. The van der Waals surface area contributed by atoms with E-state index >= 15 is 0 Å². The van der Waals surface area contributed by atoms with E-state index in [0.717, 1.165) is 18.6 Å². The van der Waals surface area contributed by atoms with Crippen LogP contribution in [0.2, 0.25) is 0 Å². The SMILES string of the molecule is CCC[C@H](C)C[C@H](C)CC=O. The number of hydrogen-bond donors (Lipinski definition) is 0. The van der Waals surface area contributed by atoms with E-state index in [-0.39, 0.29) is 0 Å². The molecule has 0 aliphatic rings. The van der Waals surface area contributed by atoms with E-state index in [9.17, 15) is 4.79 Å². The van der Waals surface area contributed by atoms with Crippen molar-refractivity contribution in [3.8, 4) is 0 Å². The van der Waals surface area contributed by atoms with E-state index in [1.807, 2.05) is 0 Å². The number of carbonyl (C=O) groups excluding carboxylic acids is 1. The molecule has 0 aliphatic carbocycles. The molecule has 0 amide bonds. The van der Waals surface area contributed by atoms with Crippen molar-refractivity contribution in [2.75, 3.05) is 0 Å². The van der Waals surface area contributed by atoms with Gasteiger partial charge < -0.3 is 4.79 Å². The molecule has 0 saturated heterocycles. The normalized spacial score (nSPS) is 15.9. The lowest BCUT2D eigenvalue weighted by Crippen LogP contribution is -2.03. The lowest BCUT2D eigenvalue weighted by Gasteiger charge is -2.13. The van der Waals surface area contributed by atoms with Gasteiger partial charge in [-0.1, -0.05) is 33.6 Å². The summed E-state index contributed by atoms with van der Waals surface area (Å²) in [4.78, 5) is 10.2. The average Bonchev–Trinajstić information content (AvgIpc) is 1.87. The molecule has 0 spiro atoms. The maximum Gasteiger partial charge on any atom is 0.120 e. The van der Waals surface area contributed by atoms with Crippen LogP contribution in [0.1, 0.15) is 46.5 Å². The van der Waals surface area contributed by atoms with E-state index in [1.165, 1.54) is 19.3 Å². The summed E-state index contributed by atoms with van der Waals surface area (Å²) in [6, 6.07) is 0. The molecule has 0 saturated carbocycles. The number of hydrogen-bond acceptors (Lipinski definition) is 1. The van der Waals surface area contributed by atoms with Crippen molar-refractivity contribution in [3.05, 3.63) is 0 Å². The van der Waals surface area contributed by atoms with Gasteiger partial charge in [-0.05, 0) is 18.3 Å². The highest BCUT2D eigenvalue weighted by Crippen LogP contribution is 2.17. The fourth-order valence-electron chi connectivity index (χ4n) is 1.56. The molecule has 66 valence electrons. The zero-order valence-electron chi connectivity index (χ0n) is 7.97. The van der Waals surface area contributed by atoms with Crippen LogP contribution in [0.15, 0.2) is 0 Å². The topological polar surface area (TPSA) is 17.1 Å². The van der Waals surface area contributed by atoms with Crippen molar-refractivity contribution >= 4 is 6.29 Å². The fraction of sp³-hybridized carbons (Fsp3) is 0.900. The summed E-state index contributed by atoms with van der Waals surface area (Å²) in [5, 5.41) is 0. The van der Waals surface area contributed by atoms with Crippen molar-refractivity contribution < 1.29 is 4.79 Å². The molecular weight excluding hydrogens is 136 g/mol. The van der Waals surface area contributed by atoms with Crippen molar-refractivity contribution in [1.82, 2.24) is 0 Å². The smallest absolute Gasteiger partial charge is 0.120 e. The Labute approximate surface area is 70.2 Å². The first-order chi connectivity index (χ1) is 5.20. The highest BCUT2D eigenvalue weighted by Gasteiger charge is 2.06. The van der Waals surface area contributed by atoms with Crippen LogP contribution in [-0.4, -0.2) is 6.29 Å². The Bertz CT molecular complexity index is 99.0. The van der Waals surface area contributed by atoms with Crippen LogP contribution in [0.5, 0.6) is 0 Å². The minimum absolute atomic E-state index is 0.578. The van der Waals surface area contributed by atoms with Crippen LogP contribution in [0.25, 0.3) is 0 Å². The van der Waals surface area contributed by atoms with Crippen molar-refractivity contribution in [3.63, 3.8) is 0 Å². The van der Waals surface area contributed by atoms with E-state index in [2.05, 4.69) is 20.8 Å². The minimum atomic E-state index is 0.578. The highest BCUT2D eigenvalue weighted by molar-refractivity contribution is 5.49. The van der Waals surface area contributed by atoms with Gasteiger partial charge in [0.15, 0.2) is 0 Å². The largest absolute Gasteiger partial charge is 0.303 e. The molecule has 0 heterocycles. The third-order valence-electron chi connectivity index (χ3n) is 2.08. The predicted molar refractivity (Wildman–Crippen MR) is 48.5 cm³/mol. The highest BCUT2D eigenvalue weighted by atomic mass is 16.1. The second kappa shape index (κ2) is 6.38. The molecule has 2 atom stereocenters. The van der Waals surface area contributed by atoms with Gasteiger partial charge >= 0.3 is 0 Å². The summed E-state index contributed by atoms with van der Waals surface area (Å²) < 4.78 is 0. The molecule has 1 heteroatoms. The third-order valence-corrected chi connectivity index (χ3v) is 2.08. The van der Waals surface area contributed by atoms with Crippen LogP contribution in [0.4, 0.5) is 0 Å². The molecule has 0 N–H and O–H groups in total. The molecule has 0 aromatic rings. The summed E-state index contributed by atoms with van der Waals surface area (Å²) in [5.41, 5.74) is 0. The van der Waals surface area contributed by atoms with Crippen molar-refractivity contribution in [2.45, 2.75) is 46.5 Å². The van der Waals surface area contributed by atoms with Gasteiger partial charge in [-0.25, -0.2) is 0 Å². The van der Waals surface area contributed by atoms with Gasteiger partial charge in [0.1, 0.15) is 6.29 Å². The second-order valence-corrected chi connectivity index (χ2v) is 3.64. The zero-order valence-corrected chi connectivity index (χ0v) is 7.97. The maximum absolute atomic E-state index is 10.2. The Morgan fingerprint density at radius 2 is 1.91 bits per heavy atom. The number of aldehydes is 1. The van der Waals surface area contributed by atoms with Crippen LogP contribution in [-0.2, 0) is 4.79 Å². The van der Waals surface area contributed by atoms with Crippen LogP contribution in [0.3, 0.4) is 0 Å². The number of carbonyl (C=O) groups is 1. The Kier molecular flexibility index (Phi) is 6.19. The van der Waals surface area contributed by atoms with Gasteiger partial charge in [0.2, 0.25) is 0 Å². The molecule has 0 unspecified atom stereocenters. The van der Waals surface area contributed by atoms with Gasteiger partial charge in [0, 0.05) is 6.42 Å². The number of rotatable bonds is 6. The van der Waals surface area contributed by atoms with Gasteiger partial charge in [-0.15, -0.1) is 0 Å². The first-order valence-electron chi connectivity index (χ1n) is 4.64. The Hall–Kier alpha value is -0.330. The van der Waals surface area contributed by atoms with Gasteiger partial charge in [0.05, 0.1) is 0 Å². The first-order valence-corrected chi connectivity index (χ1v) is 4.64. The van der Waals surface area contributed by atoms with Gasteiger partial charge in [0.25, 0.3) is 0 Å². The monoisotopic (exact) mass is 156 g/mol. The van der Waals surface area contributed by atoms with E-state index in [0.29, 0.717) is 5.92 Å². The second-order valence-electron chi connectivity index (χ2n) is 3.64. The first kappa shape index (κ1) is 10.7. The summed E-state index contributed by atoms with van der Waals surface area (Å²) in [6.07, 6.45) is 5.52. The van der Waals surface area contributed by atoms with Crippen LogP contribution >= 0.6 is 0 Å². The summed E-state index contributed by atoms with van der Waals surface area (Å²) in [6.45, 7) is 6.63. The molecule has 0 radical (unpaired) electrons. The summed E-state index contributed by atoms with van der Waals surface area (Å²) in [7, 11) is 0. The van der Waals surface area contributed by atoms with E-state index < -0.39 is 0 Å². The Morgan fingerprint density at radius 3 is 2.36 bits per heavy atom. The molecule has 0 aliphatic heterocycles. The van der Waals surface area contributed by atoms with Crippen molar-refractivity contribution in [1.29, 1.82) is 0 Å². The molecule has 0 aromatic heterocycles. The van der Waals surface area contributed by atoms with E-state index in [4.69, 9.17) is 0 Å². The molecule has 0 fully saturated rings. The van der Waals surface area contributed by atoms with Crippen LogP contribution < -0.4 is 0 Å². The standard InChI is InChI=1S/C10H20O/c1-4-5-9(2)8-10(3)6-7-11/h7,9-10H,4-6,8H2,1-3H3/t9-,10+/m0/s1. The maximum atomic E-state index is 10.2. The van der Waals surface area contributed by atoms with Crippen molar-refractivity contribution in [2.24, 2.45) is 11.8 Å². The predicted octanol–water partition coefficient (Wildman–Crippen LogP) is 3.04.